The predicted octanol–water partition coefficient (Wildman–Crippen LogP) is 3.15. The van der Waals surface area contributed by atoms with Gasteiger partial charge in [0.15, 0.2) is 0 Å². The first-order valence-electron chi connectivity index (χ1n) is 4.69. The van der Waals surface area contributed by atoms with Crippen molar-refractivity contribution in [3.8, 4) is 0 Å². The van der Waals surface area contributed by atoms with Crippen LogP contribution in [0.25, 0.3) is 0 Å². The molecule has 2 N–H and O–H groups in total. The molecular weight excluding hydrogens is 162 g/mol. The van der Waals surface area contributed by atoms with E-state index in [1.165, 1.54) is 0 Å². The van der Waals surface area contributed by atoms with E-state index in [0.29, 0.717) is 5.92 Å². The van der Waals surface area contributed by atoms with E-state index >= 15 is 0 Å². The molecule has 0 spiro atoms. The molecule has 0 fully saturated rings. The lowest BCUT2D eigenvalue weighted by atomic mass is 9.81. The van der Waals surface area contributed by atoms with E-state index in [0.717, 1.165) is 12.1 Å². The summed E-state index contributed by atoms with van der Waals surface area (Å²) in [6.07, 6.45) is 2.85. The minimum Gasteiger partial charge on any atom is -0.392 e. The molecule has 0 atom stereocenters. The van der Waals surface area contributed by atoms with Gasteiger partial charge in [-0.25, -0.2) is 5.53 Å². The van der Waals surface area contributed by atoms with Gasteiger partial charge < -0.3 is 5.32 Å². The highest BCUT2D eigenvalue weighted by molar-refractivity contribution is 5.08. The van der Waals surface area contributed by atoms with Gasteiger partial charge in [0.05, 0.1) is 5.70 Å². The molecule has 0 aromatic rings. The van der Waals surface area contributed by atoms with Crippen LogP contribution in [0, 0.1) is 16.9 Å². The second kappa shape index (κ2) is 5.00. The normalized spacial score (nSPS) is 13.2. The van der Waals surface area contributed by atoms with Crippen molar-refractivity contribution in [2.75, 3.05) is 7.05 Å². The average Bonchev–Trinajstić information content (AvgIpc) is 1.97. The van der Waals surface area contributed by atoms with Crippen LogP contribution >= 0.6 is 0 Å². The monoisotopic (exact) mass is 183 g/mol. The first-order valence-corrected chi connectivity index (χ1v) is 4.69. The number of hydrogen-bond acceptors (Lipinski definition) is 3. The second-order valence-corrected chi connectivity index (χ2v) is 4.41. The highest BCUT2D eigenvalue weighted by Gasteiger charge is 2.24. The van der Waals surface area contributed by atoms with Crippen LogP contribution < -0.4 is 5.32 Å². The van der Waals surface area contributed by atoms with E-state index in [2.05, 4.69) is 38.1 Å². The van der Waals surface area contributed by atoms with Crippen molar-refractivity contribution in [2.24, 2.45) is 16.4 Å². The number of nitrogens with one attached hydrogen (secondary N) is 2. The smallest absolute Gasteiger partial charge is 0.0835 e. The number of nitrogens with zero attached hydrogens (tertiary/aromatic N) is 1. The Balaban J connectivity index is 4.56. The summed E-state index contributed by atoms with van der Waals surface area (Å²) < 4.78 is 0. The molecule has 0 radical (unpaired) electrons. The molecule has 3 heteroatoms. The van der Waals surface area contributed by atoms with Gasteiger partial charge in [-0.2, -0.15) is 5.11 Å². The molecule has 76 valence electrons. The third kappa shape index (κ3) is 4.06. The molecule has 0 aliphatic heterocycles. The average molecular weight is 183 g/mol. The molecule has 13 heavy (non-hydrogen) atoms. The van der Waals surface area contributed by atoms with E-state index in [1.807, 2.05) is 7.05 Å². The van der Waals surface area contributed by atoms with Crippen molar-refractivity contribution < 1.29 is 0 Å². The SMILES string of the molecule is CN/C=C(\N=N)C(C)(C)CC(C)C. The minimum absolute atomic E-state index is 0.0150. The Hall–Kier alpha value is -0.860. The van der Waals surface area contributed by atoms with Crippen LogP contribution in [-0.2, 0) is 0 Å². The fourth-order valence-electron chi connectivity index (χ4n) is 1.64. The van der Waals surface area contributed by atoms with Gasteiger partial charge in [-0.05, 0) is 12.3 Å². The maximum Gasteiger partial charge on any atom is 0.0835 e. The fraction of sp³-hybridized carbons (Fsp3) is 0.800. The molecule has 0 aliphatic rings. The van der Waals surface area contributed by atoms with E-state index < -0.39 is 0 Å². The van der Waals surface area contributed by atoms with Gasteiger partial charge in [-0.15, -0.1) is 0 Å². The molecule has 0 aromatic carbocycles. The van der Waals surface area contributed by atoms with Gasteiger partial charge in [-0.3, -0.25) is 0 Å². The van der Waals surface area contributed by atoms with E-state index in [4.69, 9.17) is 5.53 Å². The molecule has 0 saturated heterocycles. The van der Waals surface area contributed by atoms with Crippen LogP contribution in [0.2, 0.25) is 0 Å². The van der Waals surface area contributed by atoms with Crippen molar-refractivity contribution in [1.29, 1.82) is 5.53 Å². The second-order valence-electron chi connectivity index (χ2n) is 4.41. The Morgan fingerprint density at radius 3 is 2.38 bits per heavy atom. The summed E-state index contributed by atoms with van der Waals surface area (Å²) in [5, 5.41) is 6.47. The lowest BCUT2D eigenvalue weighted by molar-refractivity contribution is 0.336. The first-order chi connectivity index (χ1) is 5.94. The van der Waals surface area contributed by atoms with Crippen LogP contribution in [0.5, 0.6) is 0 Å². The molecule has 0 unspecified atom stereocenters. The summed E-state index contributed by atoms with van der Waals surface area (Å²) in [5.41, 5.74) is 7.87. The topological polar surface area (TPSA) is 48.2 Å². The Kier molecular flexibility index (Phi) is 4.67. The quantitative estimate of drug-likeness (QED) is 0.632. The molecule has 0 amide bonds. The van der Waals surface area contributed by atoms with Gasteiger partial charge >= 0.3 is 0 Å². The minimum atomic E-state index is -0.0150. The van der Waals surface area contributed by atoms with Crippen LogP contribution in [0.3, 0.4) is 0 Å². The Morgan fingerprint density at radius 1 is 1.54 bits per heavy atom. The number of allylic oxidation sites excluding steroid dienone is 1. The zero-order valence-corrected chi connectivity index (χ0v) is 9.31. The van der Waals surface area contributed by atoms with Gasteiger partial charge in [-0.1, -0.05) is 27.7 Å². The highest BCUT2D eigenvalue weighted by Crippen LogP contribution is 2.33. The van der Waals surface area contributed by atoms with E-state index in [9.17, 15) is 0 Å². The number of hydrogen-bond donors (Lipinski definition) is 2. The predicted molar refractivity (Wildman–Crippen MR) is 55.5 cm³/mol. The zero-order chi connectivity index (χ0) is 10.5. The highest BCUT2D eigenvalue weighted by atomic mass is 15.0. The summed E-state index contributed by atoms with van der Waals surface area (Å²) in [6.45, 7) is 8.60. The van der Waals surface area contributed by atoms with Crippen LogP contribution in [0.4, 0.5) is 0 Å². The molecule has 3 nitrogen and oxygen atoms in total. The third-order valence-electron chi connectivity index (χ3n) is 2.01. The summed E-state index contributed by atoms with van der Waals surface area (Å²) in [7, 11) is 1.83. The van der Waals surface area contributed by atoms with Gasteiger partial charge in [0.25, 0.3) is 0 Å². The van der Waals surface area contributed by atoms with Crippen molar-refractivity contribution in [1.82, 2.24) is 5.32 Å². The lowest BCUT2D eigenvalue weighted by Crippen LogP contribution is -2.18. The molecular formula is C10H21N3. The molecule has 0 saturated carbocycles. The van der Waals surface area contributed by atoms with Crippen molar-refractivity contribution >= 4 is 0 Å². The van der Waals surface area contributed by atoms with Gasteiger partial charge in [0, 0.05) is 18.7 Å². The standard InChI is InChI=1S/C10H21N3/c1-8(2)6-10(3,4)9(13-11)7-12-5/h7-8,11-12H,6H2,1-5H3/b9-7-,13-11?. The van der Waals surface area contributed by atoms with E-state index in [-0.39, 0.29) is 5.41 Å². The van der Waals surface area contributed by atoms with Crippen molar-refractivity contribution in [3.63, 3.8) is 0 Å². The zero-order valence-electron chi connectivity index (χ0n) is 9.31. The third-order valence-corrected chi connectivity index (χ3v) is 2.01. The summed E-state index contributed by atoms with van der Waals surface area (Å²) in [4.78, 5) is 0. The first kappa shape index (κ1) is 12.1. The maximum absolute atomic E-state index is 7.08. The molecule has 0 rings (SSSR count). The van der Waals surface area contributed by atoms with E-state index in [1.54, 1.807) is 6.20 Å². The summed E-state index contributed by atoms with van der Waals surface area (Å²) in [6, 6.07) is 0. The molecule has 0 bridgehead atoms. The number of rotatable bonds is 5. The Bertz CT molecular complexity index is 192. The van der Waals surface area contributed by atoms with Crippen LogP contribution in [-0.4, -0.2) is 7.05 Å². The van der Waals surface area contributed by atoms with Crippen LogP contribution in [0.1, 0.15) is 34.1 Å². The summed E-state index contributed by atoms with van der Waals surface area (Å²) >= 11 is 0. The maximum atomic E-state index is 7.08. The van der Waals surface area contributed by atoms with Crippen molar-refractivity contribution in [3.05, 3.63) is 11.9 Å². The summed E-state index contributed by atoms with van der Waals surface area (Å²) in [5.74, 6) is 0.622. The van der Waals surface area contributed by atoms with Crippen LogP contribution in [0.15, 0.2) is 17.0 Å². The molecule has 0 aromatic heterocycles. The van der Waals surface area contributed by atoms with Crippen molar-refractivity contribution in [2.45, 2.75) is 34.1 Å². The largest absolute Gasteiger partial charge is 0.392 e. The van der Waals surface area contributed by atoms with Gasteiger partial charge in [0.2, 0.25) is 0 Å². The molecule has 0 aliphatic carbocycles. The van der Waals surface area contributed by atoms with Gasteiger partial charge in [0.1, 0.15) is 0 Å². The fourth-order valence-corrected chi connectivity index (χ4v) is 1.64. The lowest BCUT2D eigenvalue weighted by Gasteiger charge is -2.26. The Labute approximate surface area is 81.1 Å². The Morgan fingerprint density at radius 2 is 2.08 bits per heavy atom. The molecule has 0 heterocycles.